The van der Waals surface area contributed by atoms with Crippen LogP contribution in [0.15, 0.2) is 24.3 Å². The summed E-state index contributed by atoms with van der Waals surface area (Å²) in [6.07, 6.45) is 0. The second-order valence-corrected chi connectivity index (χ2v) is 5.40. The highest BCUT2D eigenvalue weighted by Crippen LogP contribution is 2.14. The Morgan fingerprint density at radius 1 is 1.40 bits per heavy atom. The van der Waals surface area contributed by atoms with Crippen LogP contribution in [0.5, 0.6) is 5.75 Å². The van der Waals surface area contributed by atoms with Gasteiger partial charge in [0.15, 0.2) is 0 Å². The summed E-state index contributed by atoms with van der Waals surface area (Å²) in [5, 5.41) is 15.5. The Morgan fingerprint density at radius 3 is 2.70 bits per heavy atom. The van der Waals surface area contributed by atoms with Gasteiger partial charge in [0.2, 0.25) is 0 Å². The summed E-state index contributed by atoms with van der Waals surface area (Å²) in [5.41, 5.74) is 0.0444. The fourth-order valence-corrected chi connectivity index (χ4v) is 1.49. The zero-order chi connectivity index (χ0) is 15.2. The van der Waals surface area contributed by atoms with Crippen molar-refractivity contribution in [3.63, 3.8) is 0 Å². The molecule has 5 heteroatoms. The Bertz CT molecular complexity index is 444. The van der Waals surface area contributed by atoms with Gasteiger partial charge in [0, 0.05) is 13.1 Å². The molecule has 1 atom stereocenters. The van der Waals surface area contributed by atoms with Gasteiger partial charge in [-0.1, -0.05) is 26.0 Å². The Kier molecular flexibility index (Phi) is 5.82. The summed E-state index contributed by atoms with van der Waals surface area (Å²) in [6, 6.07) is 7.20. The van der Waals surface area contributed by atoms with E-state index in [0.717, 1.165) is 11.3 Å². The minimum absolute atomic E-state index is 0.0705. The lowest BCUT2D eigenvalue weighted by Gasteiger charge is -2.27. The second kappa shape index (κ2) is 7.14. The molecule has 20 heavy (non-hydrogen) atoms. The highest BCUT2D eigenvalue weighted by atomic mass is 16.5. The number of hydrogen-bond acceptors (Lipinski definition) is 3. The highest BCUT2D eigenvalue weighted by Gasteiger charge is 2.25. The third-order valence-corrected chi connectivity index (χ3v) is 3.44. The minimum Gasteiger partial charge on any atom is -0.497 e. The summed E-state index contributed by atoms with van der Waals surface area (Å²) < 4.78 is 5.12. The largest absolute Gasteiger partial charge is 0.497 e. The molecule has 1 unspecified atom stereocenters. The van der Waals surface area contributed by atoms with E-state index in [1.807, 2.05) is 38.1 Å². The zero-order valence-electron chi connectivity index (χ0n) is 12.6. The summed E-state index contributed by atoms with van der Waals surface area (Å²) in [6.45, 7) is 6.16. The van der Waals surface area contributed by atoms with Crippen molar-refractivity contribution >= 4 is 6.03 Å². The summed E-state index contributed by atoms with van der Waals surface area (Å²) >= 11 is 0. The van der Waals surface area contributed by atoms with E-state index in [4.69, 9.17) is 4.74 Å². The van der Waals surface area contributed by atoms with Gasteiger partial charge in [-0.15, -0.1) is 0 Å². The van der Waals surface area contributed by atoms with Crippen LogP contribution in [0, 0.1) is 5.92 Å². The van der Waals surface area contributed by atoms with Crippen LogP contribution in [-0.2, 0) is 6.54 Å². The predicted molar refractivity (Wildman–Crippen MR) is 78.7 cm³/mol. The van der Waals surface area contributed by atoms with Crippen molar-refractivity contribution in [2.45, 2.75) is 32.9 Å². The molecule has 0 spiro atoms. The third kappa shape index (κ3) is 5.09. The Hall–Kier alpha value is -1.75. The monoisotopic (exact) mass is 280 g/mol. The lowest BCUT2D eigenvalue weighted by atomic mass is 9.93. The molecule has 0 saturated heterocycles. The van der Waals surface area contributed by atoms with Crippen LogP contribution in [0.2, 0.25) is 0 Å². The fourth-order valence-electron chi connectivity index (χ4n) is 1.49. The smallest absolute Gasteiger partial charge is 0.315 e. The first-order chi connectivity index (χ1) is 9.35. The van der Waals surface area contributed by atoms with Crippen molar-refractivity contribution in [1.82, 2.24) is 10.6 Å². The Balaban J connectivity index is 2.40. The molecule has 0 bridgehead atoms. The minimum atomic E-state index is -0.909. The maximum absolute atomic E-state index is 11.7. The van der Waals surface area contributed by atoms with Crippen LogP contribution in [0.4, 0.5) is 4.79 Å². The quantitative estimate of drug-likeness (QED) is 0.745. The molecule has 2 amide bonds. The van der Waals surface area contributed by atoms with Gasteiger partial charge in [-0.2, -0.15) is 0 Å². The van der Waals surface area contributed by atoms with Crippen molar-refractivity contribution in [3.05, 3.63) is 29.8 Å². The highest BCUT2D eigenvalue weighted by molar-refractivity contribution is 5.73. The van der Waals surface area contributed by atoms with Gasteiger partial charge in [0.25, 0.3) is 0 Å². The van der Waals surface area contributed by atoms with Crippen LogP contribution < -0.4 is 15.4 Å². The number of rotatable bonds is 6. The SMILES string of the molecule is COc1cccc(CNC(=O)NCC(C)(O)C(C)C)c1. The molecule has 0 heterocycles. The Morgan fingerprint density at radius 2 is 2.10 bits per heavy atom. The number of carbonyl (C=O) groups excluding carboxylic acids is 1. The lowest BCUT2D eigenvalue weighted by molar-refractivity contribution is 0.0166. The van der Waals surface area contributed by atoms with Gasteiger partial charge in [-0.3, -0.25) is 0 Å². The van der Waals surface area contributed by atoms with E-state index in [9.17, 15) is 9.90 Å². The van der Waals surface area contributed by atoms with Crippen molar-refractivity contribution in [2.24, 2.45) is 5.92 Å². The number of aliphatic hydroxyl groups is 1. The molecule has 5 nitrogen and oxygen atoms in total. The normalized spacial score (nSPS) is 13.7. The average molecular weight is 280 g/mol. The van der Waals surface area contributed by atoms with E-state index >= 15 is 0 Å². The lowest BCUT2D eigenvalue weighted by Crippen LogP contribution is -2.47. The maximum atomic E-state index is 11.7. The molecule has 1 aromatic carbocycles. The van der Waals surface area contributed by atoms with Crippen molar-refractivity contribution in [3.8, 4) is 5.75 Å². The summed E-state index contributed by atoms with van der Waals surface area (Å²) in [4.78, 5) is 11.7. The van der Waals surface area contributed by atoms with Crippen LogP contribution in [0.25, 0.3) is 0 Å². The van der Waals surface area contributed by atoms with Crippen LogP contribution in [0.3, 0.4) is 0 Å². The number of nitrogens with one attached hydrogen (secondary N) is 2. The molecule has 0 fully saturated rings. The summed E-state index contributed by atoms with van der Waals surface area (Å²) in [5.74, 6) is 0.827. The van der Waals surface area contributed by atoms with Crippen LogP contribution in [0.1, 0.15) is 26.3 Å². The topological polar surface area (TPSA) is 70.6 Å². The average Bonchev–Trinajstić information content (AvgIpc) is 2.43. The van der Waals surface area contributed by atoms with Gasteiger partial charge in [0.1, 0.15) is 5.75 Å². The van der Waals surface area contributed by atoms with E-state index < -0.39 is 5.60 Å². The molecular weight excluding hydrogens is 256 g/mol. The van der Waals surface area contributed by atoms with Crippen LogP contribution >= 0.6 is 0 Å². The number of benzene rings is 1. The molecule has 112 valence electrons. The number of hydrogen-bond donors (Lipinski definition) is 3. The molecule has 0 aliphatic carbocycles. The standard InChI is InChI=1S/C15H24N2O3/c1-11(2)15(3,19)10-17-14(18)16-9-12-6-5-7-13(8-12)20-4/h5-8,11,19H,9-10H2,1-4H3,(H2,16,17,18). The predicted octanol–water partition coefficient (Wildman–Crippen LogP) is 1.90. The molecule has 0 saturated carbocycles. The van der Waals surface area contributed by atoms with Crippen LogP contribution in [-0.4, -0.2) is 30.4 Å². The Labute approximate surface area is 120 Å². The van der Waals surface area contributed by atoms with E-state index in [2.05, 4.69) is 10.6 Å². The van der Waals surface area contributed by atoms with E-state index in [-0.39, 0.29) is 18.5 Å². The number of amides is 2. The van der Waals surface area contributed by atoms with Gasteiger partial charge < -0.3 is 20.5 Å². The first kappa shape index (κ1) is 16.3. The van der Waals surface area contributed by atoms with Gasteiger partial charge >= 0.3 is 6.03 Å². The van der Waals surface area contributed by atoms with Crippen molar-refractivity contribution in [1.29, 1.82) is 0 Å². The van der Waals surface area contributed by atoms with E-state index in [1.165, 1.54) is 0 Å². The number of carbonyl (C=O) groups is 1. The van der Waals surface area contributed by atoms with E-state index in [0.29, 0.717) is 6.54 Å². The number of ether oxygens (including phenoxy) is 1. The molecule has 3 N–H and O–H groups in total. The molecule has 1 rings (SSSR count). The van der Waals surface area contributed by atoms with Gasteiger partial charge in [-0.25, -0.2) is 4.79 Å². The molecule has 0 aromatic heterocycles. The maximum Gasteiger partial charge on any atom is 0.315 e. The van der Waals surface area contributed by atoms with Crippen molar-refractivity contribution in [2.75, 3.05) is 13.7 Å². The van der Waals surface area contributed by atoms with Gasteiger partial charge in [0.05, 0.1) is 12.7 Å². The second-order valence-electron chi connectivity index (χ2n) is 5.40. The molecule has 0 aliphatic rings. The number of methoxy groups -OCH3 is 1. The van der Waals surface area contributed by atoms with Gasteiger partial charge in [-0.05, 0) is 30.5 Å². The first-order valence-corrected chi connectivity index (χ1v) is 6.72. The molecule has 0 radical (unpaired) electrons. The summed E-state index contributed by atoms with van der Waals surface area (Å²) in [7, 11) is 1.60. The first-order valence-electron chi connectivity index (χ1n) is 6.72. The molecule has 1 aromatic rings. The molecular formula is C15H24N2O3. The fraction of sp³-hybridized carbons (Fsp3) is 0.533. The van der Waals surface area contributed by atoms with Crippen molar-refractivity contribution < 1.29 is 14.6 Å². The van der Waals surface area contributed by atoms with E-state index in [1.54, 1.807) is 14.0 Å². The number of urea groups is 1. The molecule has 0 aliphatic heterocycles. The third-order valence-electron chi connectivity index (χ3n) is 3.44. The zero-order valence-corrected chi connectivity index (χ0v) is 12.6.